The highest BCUT2D eigenvalue weighted by Gasteiger charge is 2.06. The molecule has 0 unspecified atom stereocenters. The maximum Gasteiger partial charge on any atom is 0.235 e. The first kappa shape index (κ1) is 12.8. The van der Waals surface area contributed by atoms with E-state index >= 15 is 0 Å². The molecule has 0 atom stereocenters. The molecule has 0 aromatic heterocycles. The Morgan fingerprint density at radius 3 is 2.67 bits per heavy atom. The van der Waals surface area contributed by atoms with Gasteiger partial charge in [-0.2, -0.15) is 0 Å². The van der Waals surface area contributed by atoms with Crippen LogP contribution in [0.15, 0.2) is 22.7 Å². The molecule has 1 aromatic rings. The first-order valence-electron chi connectivity index (χ1n) is 4.20. The molecule has 0 bridgehead atoms. The van der Waals surface area contributed by atoms with Gasteiger partial charge in [-0.3, -0.25) is 0 Å². The summed E-state index contributed by atoms with van der Waals surface area (Å²) in [7, 11) is 1.57. The third kappa shape index (κ3) is 4.86. The molecular weight excluding hydrogens is 304 g/mol. The van der Waals surface area contributed by atoms with Crippen LogP contribution in [0.3, 0.4) is 0 Å². The quantitative estimate of drug-likeness (QED) is 0.803. The molecule has 0 aliphatic rings. The fraction of sp³-hybridized carbons (Fsp3) is 0.333. The van der Waals surface area contributed by atoms with Crippen LogP contribution in [-0.4, -0.2) is 20.8 Å². The van der Waals surface area contributed by atoms with Gasteiger partial charge in [-0.25, -0.2) is 8.42 Å². The number of ether oxygens (including phenoxy) is 1. The van der Waals surface area contributed by atoms with Gasteiger partial charge in [-0.15, -0.1) is 0 Å². The van der Waals surface area contributed by atoms with E-state index in [-0.39, 0.29) is 12.4 Å². The highest BCUT2D eigenvalue weighted by atomic mass is 79.9. The van der Waals surface area contributed by atoms with Gasteiger partial charge in [0, 0.05) is 15.2 Å². The molecular formula is C9H10BrClO3S. The molecule has 0 saturated carbocycles. The molecule has 0 aliphatic carbocycles. The molecule has 0 fully saturated rings. The molecule has 3 nitrogen and oxygen atoms in total. The Bertz CT molecular complexity index is 445. The number of benzene rings is 1. The lowest BCUT2D eigenvalue weighted by atomic mass is 10.2. The van der Waals surface area contributed by atoms with E-state index in [1.165, 1.54) is 0 Å². The average molecular weight is 314 g/mol. The Morgan fingerprint density at radius 1 is 1.47 bits per heavy atom. The van der Waals surface area contributed by atoms with Gasteiger partial charge >= 0.3 is 0 Å². The number of halogens is 2. The second-order valence-electron chi connectivity index (χ2n) is 3.00. The van der Waals surface area contributed by atoms with Crippen molar-refractivity contribution in [3.63, 3.8) is 0 Å². The summed E-state index contributed by atoms with van der Waals surface area (Å²) in [6, 6.07) is 5.50. The van der Waals surface area contributed by atoms with E-state index in [2.05, 4.69) is 15.9 Å². The van der Waals surface area contributed by atoms with Crippen molar-refractivity contribution >= 4 is 35.7 Å². The van der Waals surface area contributed by atoms with E-state index in [0.29, 0.717) is 5.75 Å². The van der Waals surface area contributed by atoms with E-state index in [1.807, 2.05) is 19.1 Å². The van der Waals surface area contributed by atoms with Gasteiger partial charge in [0.15, 0.2) is 0 Å². The number of hydrogen-bond acceptors (Lipinski definition) is 3. The molecule has 0 amide bonds. The van der Waals surface area contributed by atoms with Crippen molar-refractivity contribution in [2.45, 2.75) is 6.92 Å². The zero-order chi connectivity index (χ0) is 11.5. The third-order valence-electron chi connectivity index (χ3n) is 1.72. The molecule has 0 saturated heterocycles. The first-order chi connectivity index (χ1) is 6.88. The molecule has 1 aromatic carbocycles. The summed E-state index contributed by atoms with van der Waals surface area (Å²) in [5.41, 5.74) is 0.941. The van der Waals surface area contributed by atoms with E-state index in [1.54, 1.807) is 6.07 Å². The molecule has 0 N–H and O–H groups in total. The number of hydrogen-bond donors (Lipinski definition) is 0. The van der Waals surface area contributed by atoms with Crippen molar-refractivity contribution in [1.29, 1.82) is 0 Å². The third-order valence-corrected chi connectivity index (χ3v) is 3.33. The van der Waals surface area contributed by atoms with Crippen LogP contribution in [0.5, 0.6) is 5.75 Å². The molecule has 0 heterocycles. The van der Waals surface area contributed by atoms with Crippen molar-refractivity contribution in [2.75, 3.05) is 12.4 Å². The summed E-state index contributed by atoms with van der Waals surface area (Å²) in [4.78, 5) is 0. The van der Waals surface area contributed by atoms with E-state index in [9.17, 15) is 8.42 Å². The Balaban J connectivity index is 2.59. The van der Waals surface area contributed by atoms with Gasteiger partial charge in [-0.1, -0.05) is 15.9 Å². The number of aryl methyl sites for hydroxylation is 1. The van der Waals surface area contributed by atoms with Gasteiger partial charge in [-0.05, 0) is 30.7 Å². The smallest absolute Gasteiger partial charge is 0.235 e. The Labute approximate surface area is 102 Å². The Hall–Kier alpha value is -0.260. The minimum absolute atomic E-state index is 0.0638. The maximum absolute atomic E-state index is 10.6. The summed E-state index contributed by atoms with van der Waals surface area (Å²) >= 11 is 3.32. The minimum atomic E-state index is -3.48. The van der Waals surface area contributed by atoms with Crippen LogP contribution in [0.25, 0.3) is 0 Å². The zero-order valence-electron chi connectivity index (χ0n) is 8.04. The first-order valence-corrected chi connectivity index (χ1v) is 7.47. The summed E-state index contributed by atoms with van der Waals surface area (Å²) in [6.45, 7) is 1.95. The lowest BCUT2D eigenvalue weighted by Crippen LogP contribution is -2.09. The van der Waals surface area contributed by atoms with Gasteiger partial charge in [0.2, 0.25) is 9.05 Å². The van der Waals surface area contributed by atoms with E-state index in [0.717, 1.165) is 10.0 Å². The molecule has 0 aliphatic heterocycles. The molecule has 0 radical (unpaired) electrons. The van der Waals surface area contributed by atoms with Crippen molar-refractivity contribution in [3.05, 3.63) is 28.2 Å². The summed E-state index contributed by atoms with van der Waals surface area (Å²) in [6.07, 6.45) is 0. The molecule has 1 rings (SSSR count). The predicted octanol–water partition coefficient (Wildman–Crippen LogP) is 2.70. The Morgan fingerprint density at radius 2 is 2.13 bits per heavy atom. The second-order valence-corrected chi connectivity index (χ2v) is 6.81. The normalized spacial score (nSPS) is 11.4. The summed E-state index contributed by atoms with van der Waals surface area (Å²) in [5, 5.41) is 0. The topological polar surface area (TPSA) is 43.4 Å². The molecule has 0 spiro atoms. The van der Waals surface area contributed by atoms with Gasteiger partial charge in [0.1, 0.15) is 12.4 Å². The van der Waals surface area contributed by atoms with Crippen LogP contribution in [0, 0.1) is 6.92 Å². The van der Waals surface area contributed by atoms with Crippen LogP contribution in [0.2, 0.25) is 0 Å². The van der Waals surface area contributed by atoms with Crippen molar-refractivity contribution in [3.8, 4) is 5.75 Å². The highest BCUT2D eigenvalue weighted by Crippen LogP contribution is 2.22. The SMILES string of the molecule is Cc1cc(Br)ccc1OCCS(=O)(=O)Cl. The van der Waals surface area contributed by atoms with Crippen LogP contribution in [0.4, 0.5) is 0 Å². The highest BCUT2D eigenvalue weighted by molar-refractivity contribution is 9.10. The monoisotopic (exact) mass is 312 g/mol. The van der Waals surface area contributed by atoms with Crippen molar-refractivity contribution < 1.29 is 13.2 Å². The minimum Gasteiger partial charge on any atom is -0.492 e. The van der Waals surface area contributed by atoms with Gasteiger partial charge in [0.25, 0.3) is 0 Å². The van der Waals surface area contributed by atoms with Crippen LogP contribution in [-0.2, 0) is 9.05 Å². The van der Waals surface area contributed by atoms with E-state index < -0.39 is 9.05 Å². The standard InChI is InChI=1S/C9H10BrClO3S/c1-7-6-8(10)2-3-9(7)14-4-5-15(11,12)13/h2-3,6H,4-5H2,1H3. The lowest BCUT2D eigenvalue weighted by molar-refractivity contribution is 0.339. The van der Waals surface area contributed by atoms with Gasteiger partial charge in [0.05, 0.1) is 5.75 Å². The lowest BCUT2D eigenvalue weighted by Gasteiger charge is -2.07. The van der Waals surface area contributed by atoms with E-state index in [4.69, 9.17) is 15.4 Å². The molecule has 6 heteroatoms. The van der Waals surface area contributed by atoms with Crippen LogP contribution < -0.4 is 4.74 Å². The molecule has 84 valence electrons. The fourth-order valence-corrected chi connectivity index (χ4v) is 1.97. The van der Waals surface area contributed by atoms with Crippen LogP contribution >= 0.6 is 26.6 Å². The zero-order valence-corrected chi connectivity index (χ0v) is 11.2. The Kier molecular flexibility index (Phi) is 4.43. The summed E-state index contributed by atoms with van der Waals surface area (Å²) < 4.78 is 27.5. The summed E-state index contributed by atoms with van der Waals surface area (Å²) in [5.74, 6) is 0.475. The second kappa shape index (κ2) is 5.18. The van der Waals surface area contributed by atoms with Crippen molar-refractivity contribution in [1.82, 2.24) is 0 Å². The average Bonchev–Trinajstić information content (AvgIpc) is 2.07. The predicted molar refractivity (Wildman–Crippen MR) is 64.0 cm³/mol. The largest absolute Gasteiger partial charge is 0.492 e. The van der Waals surface area contributed by atoms with Crippen molar-refractivity contribution in [2.24, 2.45) is 0 Å². The fourth-order valence-electron chi connectivity index (χ4n) is 1.03. The molecule has 15 heavy (non-hydrogen) atoms. The van der Waals surface area contributed by atoms with Gasteiger partial charge < -0.3 is 4.74 Å². The van der Waals surface area contributed by atoms with Crippen LogP contribution in [0.1, 0.15) is 5.56 Å². The maximum atomic E-state index is 10.6. The number of rotatable bonds is 4.